The molecule has 4 rings (SSSR count). The molecule has 0 saturated carbocycles. The lowest BCUT2D eigenvalue weighted by molar-refractivity contribution is -0.137. The molecule has 1 atom stereocenters. The Kier molecular flexibility index (Phi) is 7.42. The molecule has 0 fully saturated rings. The molecule has 3 aromatic carbocycles. The van der Waals surface area contributed by atoms with Gasteiger partial charge in [0, 0.05) is 6.54 Å². The van der Waals surface area contributed by atoms with E-state index in [2.05, 4.69) is 0 Å². The molecular formula is C27H29NO6. The van der Waals surface area contributed by atoms with Gasteiger partial charge in [-0.15, -0.1) is 0 Å². The fraction of sp³-hybridized carbons (Fsp3) is 0.296. The van der Waals surface area contributed by atoms with Crippen LogP contribution >= 0.6 is 0 Å². The van der Waals surface area contributed by atoms with E-state index < -0.39 is 0 Å². The van der Waals surface area contributed by atoms with Crippen LogP contribution < -0.4 is 23.7 Å². The van der Waals surface area contributed by atoms with Crippen molar-refractivity contribution in [1.29, 1.82) is 0 Å². The predicted octanol–water partition coefficient (Wildman–Crippen LogP) is 4.30. The van der Waals surface area contributed by atoms with Crippen molar-refractivity contribution in [2.45, 2.75) is 12.5 Å². The van der Waals surface area contributed by atoms with Crippen LogP contribution in [0.4, 0.5) is 0 Å². The molecule has 1 heterocycles. The fourth-order valence-electron chi connectivity index (χ4n) is 4.16. The summed E-state index contributed by atoms with van der Waals surface area (Å²) in [7, 11) is 4.82. The van der Waals surface area contributed by atoms with Crippen LogP contribution in [0.2, 0.25) is 0 Å². The van der Waals surface area contributed by atoms with E-state index in [0.717, 1.165) is 11.1 Å². The second-order valence-electron chi connectivity index (χ2n) is 7.82. The molecule has 0 aliphatic carbocycles. The summed E-state index contributed by atoms with van der Waals surface area (Å²) >= 11 is 0. The summed E-state index contributed by atoms with van der Waals surface area (Å²) in [6.07, 6.45) is 0.692. The molecule has 178 valence electrons. The lowest BCUT2D eigenvalue weighted by Gasteiger charge is -2.37. The van der Waals surface area contributed by atoms with Crippen molar-refractivity contribution in [1.82, 2.24) is 4.90 Å². The van der Waals surface area contributed by atoms with Crippen molar-refractivity contribution >= 4 is 5.91 Å². The molecule has 7 heteroatoms. The van der Waals surface area contributed by atoms with E-state index in [9.17, 15) is 4.79 Å². The van der Waals surface area contributed by atoms with Gasteiger partial charge in [-0.05, 0) is 53.9 Å². The van der Waals surface area contributed by atoms with Crippen molar-refractivity contribution in [2.24, 2.45) is 0 Å². The Morgan fingerprint density at radius 2 is 1.47 bits per heavy atom. The number of nitrogens with zero attached hydrogens (tertiary/aromatic N) is 1. The van der Waals surface area contributed by atoms with Gasteiger partial charge in [0.1, 0.15) is 12.4 Å². The standard InChI is InChI=1S/C27H29NO6/c1-30-23-11-7-8-12-24(23)34-17-22-21-16-26(32-3)25(31-2)15-19(21)13-14-28(22)27(29)18-33-20-9-5-4-6-10-20/h4-12,15-16,22H,13-14,17-18H2,1-3H3. The van der Waals surface area contributed by atoms with Gasteiger partial charge in [0.2, 0.25) is 0 Å². The number of rotatable bonds is 9. The van der Waals surface area contributed by atoms with Gasteiger partial charge in [0.05, 0.1) is 27.4 Å². The minimum Gasteiger partial charge on any atom is -0.493 e. The zero-order valence-corrected chi connectivity index (χ0v) is 19.7. The molecule has 34 heavy (non-hydrogen) atoms. The molecule has 0 radical (unpaired) electrons. The van der Waals surface area contributed by atoms with Crippen LogP contribution in [0.3, 0.4) is 0 Å². The van der Waals surface area contributed by atoms with Crippen LogP contribution in [-0.4, -0.2) is 51.9 Å². The van der Waals surface area contributed by atoms with Crippen LogP contribution in [0.15, 0.2) is 66.7 Å². The van der Waals surface area contributed by atoms with Crippen LogP contribution in [0, 0.1) is 0 Å². The number of amides is 1. The first kappa shape index (κ1) is 23.3. The number of benzene rings is 3. The molecule has 1 unspecified atom stereocenters. The van der Waals surface area contributed by atoms with Crippen molar-refractivity contribution in [3.63, 3.8) is 0 Å². The lowest BCUT2D eigenvalue weighted by Crippen LogP contribution is -2.44. The van der Waals surface area contributed by atoms with E-state index in [1.165, 1.54) is 0 Å². The molecule has 7 nitrogen and oxygen atoms in total. The monoisotopic (exact) mass is 463 g/mol. The van der Waals surface area contributed by atoms with Gasteiger partial charge in [0.25, 0.3) is 5.91 Å². The zero-order chi connectivity index (χ0) is 23.9. The maximum atomic E-state index is 13.3. The highest BCUT2D eigenvalue weighted by Gasteiger charge is 2.33. The largest absolute Gasteiger partial charge is 0.493 e. The topological polar surface area (TPSA) is 66.5 Å². The number of methoxy groups -OCH3 is 3. The summed E-state index contributed by atoms with van der Waals surface area (Å²) < 4.78 is 28.4. The Labute approximate surface area is 199 Å². The molecule has 1 aliphatic heterocycles. The quantitative estimate of drug-likeness (QED) is 0.472. The molecule has 0 N–H and O–H groups in total. The van der Waals surface area contributed by atoms with Gasteiger partial charge in [-0.25, -0.2) is 0 Å². The maximum absolute atomic E-state index is 13.3. The van der Waals surface area contributed by atoms with E-state index in [0.29, 0.717) is 41.7 Å². The Morgan fingerprint density at radius 3 is 2.18 bits per heavy atom. The minimum absolute atomic E-state index is 0.0577. The van der Waals surface area contributed by atoms with E-state index in [4.69, 9.17) is 23.7 Å². The van der Waals surface area contributed by atoms with Crippen molar-refractivity contribution in [2.75, 3.05) is 41.1 Å². The normalized spacial score (nSPS) is 14.7. The van der Waals surface area contributed by atoms with Crippen molar-refractivity contribution < 1.29 is 28.5 Å². The highest BCUT2D eigenvalue weighted by molar-refractivity contribution is 5.79. The molecule has 0 bridgehead atoms. The first-order valence-electron chi connectivity index (χ1n) is 11.1. The number of para-hydroxylation sites is 3. The Hall–Kier alpha value is -3.87. The maximum Gasteiger partial charge on any atom is 0.261 e. The molecule has 0 spiro atoms. The SMILES string of the molecule is COc1cc2c(cc1OC)C(COc1ccccc1OC)N(C(=O)COc1ccccc1)CC2. The summed E-state index contributed by atoms with van der Waals surface area (Å²) in [6, 6.07) is 20.4. The molecule has 0 aromatic heterocycles. The van der Waals surface area contributed by atoms with Crippen molar-refractivity contribution in [3.05, 3.63) is 77.9 Å². The third kappa shape index (κ3) is 5.03. The number of hydrogen-bond acceptors (Lipinski definition) is 6. The fourth-order valence-corrected chi connectivity index (χ4v) is 4.16. The van der Waals surface area contributed by atoms with Gasteiger partial charge in [0.15, 0.2) is 29.6 Å². The van der Waals surface area contributed by atoms with Crippen LogP contribution in [0.1, 0.15) is 17.2 Å². The predicted molar refractivity (Wildman–Crippen MR) is 128 cm³/mol. The van der Waals surface area contributed by atoms with Crippen molar-refractivity contribution in [3.8, 4) is 28.7 Å². The summed E-state index contributed by atoms with van der Waals surface area (Å²) in [4.78, 5) is 15.1. The molecule has 1 aliphatic rings. The molecule has 3 aromatic rings. The van der Waals surface area contributed by atoms with Crippen LogP contribution in [0.25, 0.3) is 0 Å². The third-order valence-electron chi connectivity index (χ3n) is 5.89. The molecule has 1 amide bonds. The highest BCUT2D eigenvalue weighted by atomic mass is 16.5. The van der Waals surface area contributed by atoms with Gasteiger partial charge >= 0.3 is 0 Å². The van der Waals surface area contributed by atoms with Gasteiger partial charge in [-0.2, -0.15) is 0 Å². The van der Waals surface area contributed by atoms with Crippen LogP contribution in [-0.2, 0) is 11.2 Å². The van der Waals surface area contributed by atoms with E-state index >= 15 is 0 Å². The Morgan fingerprint density at radius 1 is 0.824 bits per heavy atom. The number of ether oxygens (including phenoxy) is 5. The van der Waals surface area contributed by atoms with Gasteiger partial charge < -0.3 is 28.6 Å². The molecule has 0 saturated heterocycles. The van der Waals surface area contributed by atoms with E-state index in [1.807, 2.05) is 71.6 Å². The van der Waals surface area contributed by atoms with E-state index in [1.54, 1.807) is 21.3 Å². The van der Waals surface area contributed by atoms with E-state index in [-0.39, 0.29) is 25.2 Å². The number of fused-ring (bicyclic) bond motifs is 1. The first-order chi connectivity index (χ1) is 16.6. The number of carbonyl (C=O) groups is 1. The lowest BCUT2D eigenvalue weighted by atomic mass is 9.92. The Balaban J connectivity index is 1.61. The average molecular weight is 464 g/mol. The second-order valence-corrected chi connectivity index (χ2v) is 7.82. The summed E-state index contributed by atoms with van der Waals surface area (Å²) in [5.74, 6) is 3.07. The summed E-state index contributed by atoms with van der Waals surface area (Å²) in [5.41, 5.74) is 2.06. The summed E-state index contributed by atoms with van der Waals surface area (Å²) in [5, 5.41) is 0. The minimum atomic E-state index is -0.333. The number of hydrogen-bond donors (Lipinski definition) is 0. The highest BCUT2D eigenvalue weighted by Crippen LogP contribution is 2.39. The first-order valence-corrected chi connectivity index (χ1v) is 11.1. The third-order valence-corrected chi connectivity index (χ3v) is 5.89. The van der Waals surface area contributed by atoms with Gasteiger partial charge in [-0.1, -0.05) is 30.3 Å². The average Bonchev–Trinajstić information content (AvgIpc) is 2.90. The molecular weight excluding hydrogens is 434 g/mol. The Bertz CT molecular complexity index is 1120. The zero-order valence-electron chi connectivity index (χ0n) is 19.7. The second kappa shape index (κ2) is 10.8. The number of carbonyl (C=O) groups excluding carboxylic acids is 1. The van der Waals surface area contributed by atoms with Gasteiger partial charge in [-0.3, -0.25) is 4.79 Å². The smallest absolute Gasteiger partial charge is 0.261 e. The summed E-state index contributed by atoms with van der Waals surface area (Å²) in [6.45, 7) is 0.733. The van der Waals surface area contributed by atoms with Crippen LogP contribution in [0.5, 0.6) is 28.7 Å².